The molecule has 2 aliphatic rings. The van der Waals surface area contributed by atoms with Gasteiger partial charge in [-0.3, -0.25) is 14.9 Å². The van der Waals surface area contributed by atoms with Crippen LogP contribution in [0, 0.1) is 11.3 Å². The van der Waals surface area contributed by atoms with Gasteiger partial charge in [0.1, 0.15) is 16.4 Å². The summed E-state index contributed by atoms with van der Waals surface area (Å²) in [6.07, 6.45) is 4.25. The van der Waals surface area contributed by atoms with Crippen molar-refractivity contribution < 1.29 is 19.1 Å². The summed E-state index contributed by atoms with van der Waals surface area (Å²) in [7, 11) is 2.06. The van der Waals surface area contributed by atoms with Gasteiger partial charge >= 0.3 is 6.03 Å². The second-order valence-corrected chi connectivity index (χ2v) is 9.72. The first-order valence-electron chi connectivity index (χ1n) is 11.7. The minimum atomic E-state index is -0.424. The lowest BCUT2D eigenvalue weighted by atomic mass is 9.81. The number of nitrogens with zero attached hydrogens (tertiary/aromatic N) is 2. The third kappa shape index (κ3) is 5.90. The standard InChI is InChI=1S/C15H18N2O2.C12H12N2O2S/c1-4-13-14(11(2)10-16)12(18)9-15(19-13)5-7-17(3)8-6-15;1-2-13-12(16)14-11-9(7-15)8-5-3-4-6-10(8)17-11/h4H,1-2,5-9H2,3H3;3-7H,2H2,1H3,(H2,13,14,16). The van der Waals surface area contributed by atoms with Crippen LogP contribution in [-0.4, -0.2) is 55.3 Å². The lowest BCUT2D eigenvalue weighted by molar-refractivity contribution is -0.128. The minimum absolute atomic E-state index is 0.0581. The molecule has 1 fully saturated rings. The van der Waals surface area contributed by atoms with Crippen LogP contribution in [-0.2, 0) is 9.53 Å². The van der Waals surface area contributed by atoms with Gasteiger partial charge in [0.05, 0.1) is 29.2 Å². The van der Waals surface area contributed by atoms with Crippen LogP contribution in [0.25, 0.3) is 10.1 Å². The number of ketones is 1. The number of aldehydes is 1. The number of anilines is 1. The molecule has 0 atom stereocenters. The molecule has 36 heavy (non-hydrogen) atoms. The molecular weight excluding hydrogens is 476 g/mol. The smallest absolute Gasteiger partial charge is 0.319 e. The van der Waals surface area contributed by atoms with Crippen LogP contribution in [0.3, 0.4) is 0 Å². The van der Waals surface area contributed by atoms with Crippen LogP contribution < -0.4 is 10.6 Å². The Balaban J connectivity index is 0.000000202. The van der Waals surface area contributed by atoms with Crippen molar-refractivity contribution in [2.75, 3.05) is 32.0 Å². The zero-order valence-corrected chi connectivity index (χ0v) is 21.4. The molecule has 1 saturated heterocycles. The van der Waals surface area contributed by atoms with E-state index in [1.807, 2.05) is 37.3 Å². The molecule has 1 aromatic heterocycles. The maximum Gasteiger partial charge on any atom is 0.319 e. The van der Waals surface area contributed by atoms with E-state index < -0.39 is 5.60 Å². The summed E-state index contributed by atoms with van der Waals surface area (Å²) in [6, 6.07) is 9.21. The largest absolute Gasteiger partial charge is 0.486 e. The maximum atomic E-state index is 12.3. The monoisotopic (exact) mass is 506 g/mol. The number of ether oxygens (including phenoxy) is 1. The average molecular weight is 507 g/mol. The Hall–Kier alpha value is -3.74. The number of allylic oxidation sites excluding steroid dienone is 3. The SMILES string of the molecule is C=CC1=C(C(=C)C#N)C(=O)CC2(CCN(C)CC2)O1.CCNC(=O)Nc1sc2ccccc2c1C=O. The molecule has 3 heterocycles. The number of benzene rings is 1. The number of hydrogen-bond acceptors (Lipinski definition) is 7. The number of piperidine rings is 1. The van der Waals surface area contributed by atoms with Crippen molar-refractivity contribution in [1.29, 1.82) is 5.26 Å². The molecule has 1 aromatic carbocycles. The molecule has 0 unspecified atom stereocenters. The fraction of sp³-hybridized carbons (Fsp3) is 0.333. The van der Waals surface area contributed by atoms with Gasteiger partial charge in [0.15, 0.2) is 12.1 Å². The topological polar surface area (TPSA) is 112 Å². The molecule has 2 N–H and O–H groups in total. The van der Waals surface area contributed by atoms with Crippen LogP contribution in [0.2, 0.25) is 0 Å². The fourth-order valence-electron chi connectivity index (χ4n) is 4.24. The van der Waals surface area contributed by atoms with Gasteiger partial charge in [-0.2, -0.15) is 5.26 Å². The summed E-state index contributed by atoms with van der Waals surface area (Å²) < 4.78 is 7.01. The third-order valence-electron chi connectivity index (χ3n) is 6.17. The number of rotatable bonds is 5. The van der Waals surface area contributed by atoms with E-state index in [0.29, 0.717) is 34.9 Å². The maximum absolute atomic E-state index is 12.3. The molecule has 2 amide bonds. The van der Waals surface area contributed by atoms with Crippen molar-refractivity contribution in [1.82, 2.24) is 10.2 Å². The number of hydrogen-bond donors (Lipinski definition) is 2. The van der Waals surface area contributed by atoms with Crippen molar-refractivity contribution in [3.05, 3.63) is 66.0 Å². The highest BCUT2D eigenvalue weighted by Crippen LogP contribution is 2.39. The quantitative estimate of drug-likeness (QED) is 0.444. The number of carbonyl (C=O) groups is 3. The zero-order chi connectivity index (χ0) is 26.3. The highest BCUT2D eigenvalue weighted by Gasteiger charge is 2.43. The van der Waals surface area contributed by atoms with E-state index in [1.54, 1.807) is 0 Å². The van der Waals surface area contributed by atoms with Gasteiger partial charge < -0.3 is 15.0 Å². The van der Waals surface area contributed by atoms with Crippen molar-refractivity contribution in [3.63, 3.8) is 0 Å². The van der Waals surface area contributed by atoms with Crippen molar-refractivity contribution in [2.24, 2.45) is 0 Å². The van der Waals surface area contributed by atoms with Gasteiger partial charge in [0, 0.05) is 42.6 Å². The molecule has 0 saturated carbocycles. The summed E-state index contributed by atoms with van der Waals surface area (Å²) >= 11 is 1.40. The van der Waals surface area contributed by atoms with E-state index in [4.69, 9.17) is 10.00 Å². The zero-order valence-electron chi connectivity index (χ0n) is 20.6. The Morgan fingerprint density at radius 2 is 2.03 bits per heavy atom. The molecule has 0 radical (unpaired) electrons. The number of likely N-dealkylation sites (tertiary alicyclic amines) is 1. The van der Waals surface area contributed by atoms with Crippen LogP contribution in [0.5, 0.6) is 0 Å². The average Bonchev–Trinajstić information content (AvgIpc) is 3.22. The second-order valence-electron chi connectivity index (χ2n) is 8.67. The van der Waals surface area contributed by atoms with Crippen molar-refractivity contribution in [3.8, 4) is 6.07 Å². The van der Waals surface area contributed by atoms with Gasteiger partial charge in [-0.05, 0) is 26.1 Å². The third-order valence-corrected chi connectivity index (χ3v) is 7.27. The first-order valence-corrected chi connectivity index (χ1v) is 12.5. The number of fused-ring (bicyclic) bond motifs is 1. The van der Waals surface area contributed by atoms with Crippen molar-refractivity contribution in [2.45, 2.75) is 31.8 Å². The number of Topliss-reactive ketones (excluding diaryl/α,β-unsaturated/α-hetero) is 1. The predicted molar refractivity (Wildman–Crippen MR) is 142 cm³/mol. The fourth-order valence-corrected chi connectivity index (χ4v) is 5.31. The first kappa shape index (κ1) is 26.9. The number of carbonyl (C=O) groups excluding carboxylic acids is 3. The molecular formula is C27H30N4O4S. The molecule has 2 aromatic rings. The predicted octanol–water partition coefficient (Wildman–Crippen LogP) is 4.82. The summed E-state index contributed by atoms with van der Waals surface area (Å²) in [4.78, 5) is 37.0. The summed E-state index contributed by atoms with van der Waals surface area (Å²) in [5.41, 5.74) is 0.563. The first-order chi connectivity index (χ1) is 17.3. The molecule has 9 heteroatoms. The summed E-state index contributed by atoms with van der Waals surface area (Å²) in [5.74, 6) is 0.351. The minimum Gasteiger partial charge on any atom is -0.486 e. The van der Waals surface area contributed by atoms with Gasteiger partial charge in [0.25, 0.3) is 0 Å². The van der Waals surface area contributed by atoms with Gasteiger partial charge in [-0.1, -0.05) is 31.4 Å². The van der Waals surface area contributed by atoms with E-state index in [1.165, 1.54) is 17.4 Å². The van der Waals surface area contributed by atoms with E-state index in [-0.39, 0.29) is 17.4 Å². The molecule has 2 aliphatic heterocycles. The molecule has 4 rings (SSSR count). The van der Waals surface area contributed by atoms with E-state index in [9.17, 15) is 14.4 Å². The molecule has 0 aliphatic carbocycles. The van der Waals surface area contributed by atoms with Crippen LogP contribution in [0.4, 0.5) is 9.80 Å². The number of nitriles is 1. The number of nitrogens with one attached hydrogen (secondary N) is 2. The normalized spacial score (nSPS) is 16.9. The lowest BCUT2D eigenvalue weighted by Crippen LogP contribution is -2.48. The Morgan fingerprint density at radius 1 is 1.33 bits per heavy atom. The summed E-state index contributed by atoms with van der Waals surface area (Å²) in [6.45, 7) is 11.5. The molecule has 8 nitrogen and oxygen atoms in total. The lowest BCUT2D eigenvalue weighted by Gasteiger charge is -2.43. The van der Waals surface area contributed by atoms with Gasteiger partial charge in [-0.25, -0.2) is 4.79 Å². The molecule has 188 valence electrons. The second kappa shape index (κ2) is 11.8. The van der Waals surface area contributed by atoms with E-state index in [2.05, 4.69) is 35.7 Å². The Labute approximate surface area is 214 Å². The number of thiophene rings is 1. The van der Waals surface area contributed by atoms with Gasteiger partial charge in [0.2, 0.25) is 0 Å². The highest BCUT2D eigenvalue weighted by molar-refractivity contribution is 7.23. The van der Waals surface area contributed by atoms with Crippen LogP contribution >= 0.6 is 11.3 Å². The van der Waals surface area contributed by atoms with E-state index >= 15 is 0 Å². The van der Waals surface area contributed by atoms with Crippen LogP contribution in [0.15, 0.2) is 60.4 Å². The number of amides is 2. The Bertz CT molecular complexity index is 1260. The molecule has 1 spiro atoms. The van der Waals surface area contributed by atoms with Crippen LogP contribution in [0.1, 0.15) is 36.5 Å². The van der Waals surface area contributed by atoms with E-state index in [0.717, 1.165) is 42.3 Å². The summed E-state index contributed by atoms with van der Waals surface area (Å²) in [5, 5.41) is 15.7. The van der Waals surface area contributed by atoms with Crippen molar-refractivity contribution >= 4 is 44.5 Å². The Kier molecular flexibility index (Phi) is 8.80. The Morgan fingerprint density at radius 3 is 2.64 bits per heavy atom. The highest BCUT2D eigenvalue weighted by atomic mass is 32.1. The number of urea groups is 1. The van der Waals surface area contributed by atoms with Gasteiger partial charge in [-0.15, -0.1) is 11.3 Å². The molecule has 0 bridgehead atoms.